The molecule has 0 N–H and O–H groups in total. The van der Waals surface area contributed by atoms with Crippen molar-refractivity contribution in [3.63, 3.8) is 0 Å². The maximum absolute atomic E-state index is 6.48. The molecule has 0 saturated heterocycles. The molecule has 2 aliphatic rings. The van der Waals surface area contributed by atoms with Gasteiger partial charge in [-0.1, -0.05) is 42.0 Å². The Morgan fingerprint density at radius 3 is 2.62 bits per heavy atom. The fourth-order valence-electron chi connectivity index (χ4n) is 4.02. The predicted molar refractivity (Wildman–Crippen MR) is 112 cm³/mol. The molecule has 5 rings (SSSR count). The number of fused-ring (bicyclic) bond motifs is 3. The number of hydrazone groups is 1. The molecule has 2 aromatic carbocycles. The minimum absolute atomic E-state index is 0.105. The van der Waals surface area contributed by atoms with Gasteiger partial charge in [0.25, 0.3) is 0 Å². The van der Waals surface area contributed by atoms with Gasteiger partial charge in [0.1, 0.15) is 0 Å². The minimum Gasteiger partial charge on any atom is -0.490 e. The Kier molecular flexibility index (Phi) is 4.43. The third-order valence-electron chi connectivity index (χ3n) is 5.46. The molecule has 0 saturated carbocycles. The third-order valence-corrected chi connectivity index (χ3v) is 5.46. The minimum atomic E-state index is -0.319. The fourth-order valence-corrected chi connectivity index (χ4v) is 4.02. The van der Waals surface area contributed by atoms with E-state index in [2.05, 4.69) is 47.2 Å². The van der Waals surface area contributed by atoms with Crippen LogP contribution in [-0.2, 0) is 0 Å². The average Bonchev–Trinajstić information content (AvgIpc) is 3.20. The van der Waals surface area contributed by atoms with Crippen molar-refractivity contribution in [1.82, 2.24) is 9.99 Å². The van der Waals surface area contributed by atoms with E-state index in [1.165, 1.54) is 5.56 Å². The van der Waals surface area contributed by atoms with Crippen LogP contribution in [0.2, 0.25) is 0 Å². The first-order valence-corrected chi connectivity index (χ1v) is 9.99. The van der Waals surface area contributed by atoms with E-state index < -0.39 is 0 Å². The largest absolute Gasteiger partial charge is 0.490 e. The van der Waals surface area contributed by atoms with E-state index in [-0.39, 0.29) is 12.3 Å². The van der Waals surface area contributed by atoms with Crippen LogP contribution in [0.15, 0.2) is 72.1 Å². The molecule has 3 aromatic rings. The molecular weight excluding hydrogens is 362 g/mol. The number of aromatic nitrogens is 1. The van der Waals surface area contributed by atoms with E-state index in [4.69, 9.17) is 14.6 Å². The standard InChI is InChI=1S/C24H23N3O2/c1-3-28-22-6-4-5-19-21-15-20(17-9-7-16(2)8-10-17)26-27(21)24(29-23(19)22)18-11-13-25-14-12-18/h4-14,21,24H,3,15H2,1-2H3/t21-,24+/m1/s1. The molecule has 0 radical (unpaired) electrons. The summed E-state index contributed by atoms with van der Waals surface area (Å²) in [5, 5.41) is 7.09. The number of hydrogen-bond acceptors (Lipinski definition) is 5. The van der Waals surface area contributed by atoms with E-state index in [1.54, 1.807) is 12.4 Å². The van der Waals surface area contributed by atoms with Crippen LogP contribution in [0.5, 0.6) is 11.5 Å². The molecule has 0 fully saturated rings. The molecule has 1 aromatic heterocycles. The molecule has 0 aliphatic carbocycles. The SMILES string of the molecule is CCOc1cccc2c1O[C@@H](c1ccncc1)N1N=C(c3ccc(C)cc3)C[C@H]21. The predicted octanol–water partition coefficient (Wildman–Crippen LogP) is 5.03. The summed E-state index contributed by atoms with van der Waals surface area (Å²) in [5.41, 5.74) is 5.62. The second kappa shape index (κ2) is 7.24. The quantitative estimate of drug-likeness (QED) is 0.632. The molecule has 0 unspecified atom stereocenters. The highest BCUT2D eigenvalue weighted by molar-refractivity contribution is 6.02. The molecule has 3 heterocycles. The van der Waals surface area contributed by atoms with Crippen LogP contribution in [0.25, 0.3) is 0 Å². The number of benzene rings is 2. The van der Waals surface area contributed by atoms with Crippen LogP contribution in [0.4, 0.5) is 0 Å². The number of aryl methyl sites for hydroxylation is 1. The lowest BCUT2D eigenvalue weighted by Crippen LogP contribution is -2.33. The Bertz CT molecular complexity index is 1050. The summed E-state index contributed by atoms with van der Waals surface area (Å²) in [6.45, 7) is 4.69. The van der Waals surface area contributed by atoms with Crippen molar-refractivity contribution in [1.29, 1.82) is 0 Å². The smallest absolute Gasteiger partial charge is 0.214 e. The van der Waals surface area contributed by atoms with Gasteiger partial charge in [0.2, 0.25) is 6.23 Å². The number of hydrogen-bond donors (Lipinski definition) is 0. The third kappa shape index (κ3) is 3.12. The maximum atomic E-state index is 6.48. The van der Waals surface area contributed by atoms with Gasteiger partial charge in [-0.15, -0.1) is 0 Å². The normalized spacial score (nSPS) is 19.8. The van der Waals surface area contributed by atoms with Crippen LogP contribution < -0.4 is 9.47 Å². The van der Waals surface area contributed by atoms with Crippen LogP contribution in [0, 0.1) is 6.92 Å². The van der Waals surface area contributed by atoms with Crippen molar-refractivity contribution < 1.29 is 9.47 Å². The Morgan fingerprint density at radius 2 is 1.86 bits per heavy atom. The first-order valence-electron chi connectivity index (χ1n) is 9.99. The van der Waals surface area contributed by atoms with Crippen LogP contribution in [0.1, 0.15) is 47.9 Å². The van der Waals surface area contributed by atoms with Crippen LogP contribution in [-0.4, -0.2) is 22.3 Å². The van der Waals surface area contributed by atoms with Gasteiger partial charge in [0.05, 0.1) is 18.4 Å². The van der Waals surface area contributed by atoms with Crippen LogP contribution in [0.3, 0.4) is 0 Å². The Labute approximate surface area is 170 Å². The molecule has 5 heteroatoms. The number of pyridine rings is 1. The molecule has 2 aliphatic heterocycles. The highest BCUT2D eigenvalue weighted by atomic mass is 16.5. The zero-order chi connectivity index (χ0) is 19.8. The summed E-state index contributed by atoms with van der Waals surface area (Å²) in [7, 11) is 0. The number of nitrogens with zero attached hydrogens (tertiary/aromatic N) is 3. The molecule has 146 valence electrons. The Morgan fingerprint density at radius 1 is 1.07 bits per heavy atom. The number of ether oxygens (including phenoxy) is 2. The molecule has 0 spiro atoms. The molecule has 0 bridgehead atoms. The first-order chi connectivity index (χ1) is 14.2. The van der Waals surface area contributed by atoms with Gasteiger partial charge in [-0.3, -0.25) is 4.98 Å². The van der Waals surface area contributed by atoms with Crippen LogP contribution >= 0.6 is 0 Å². The van der Waals surface area contributed by atoms with E-state index in [1.807, 2.05) is 31.2 Å². The number of rotatable bonds is 4. The monoisotopic (exact) mass is 385 g/mol. The molecule has 5 nitrogen and oxygen atoms in total. The highest BCUT2D eigenvalue weighted by Gasteiger charge is 2.42. The lowest BCUT2D eigenvalue weighted by Gasteiger charge is -2.38. The van der Waals surface area contributed by atoms with Crippen molar-refractivity contribution >= 4 is 5.71 Å². The first kappa shape index (κ1) is 17.7. The maximum Gasteiger partial charge on any atom is 0.214 e. The van der Waals surface area contributed by atoms with E-state index in [0.29, 0.717) is 6.61 Å². The second-order valence-corrected chi connectivity index (χ2v) is 7.37. The zero-order valence-corrected chi connectivity index (χ0v) is 16.6. The highest BCUT2D eigenvalue weighted by Crippen LogP contribution is 2.50. The van der Waals surface area contributed by atoms with Gasteiger partial charge in [-0.2, -0.15) is 5.10 Å². The molecular formula is C24H23N3O2. The molecule has 2 atom stereocenters. The van der Waals surface area contributed by atoms with Gasteiger partial charge >= 0.3 is 0 Å². The van der Waals surface area contributed by atoms with E-state index >= 15 is 0 Å². The summed E-state index contributed by atoms with van der Waals surface area (Å²) in [4.78, 5) is 4.15. The molecule has 29 heavy (non-hydrogen) atoms. The fraction of sp³-hybridized carbons (Fsp3) is 0.250. The Balaban J connectivity index is 1.60. The van der Waals surface area contributed by atoms with Crippen molar-refractivity contribution in [3.8, 4) is 11.5 Å². The summed E-state index contributed by atoms with van der Waals surface area (Å²) in [6, 6.07) is 18.7. The van der Waals surface area contributed by atoms with Crippen molar-refractivity contribution in [3.05, 3.63) is 89.2 Å². The van der Waals surface area contributed by atoms with E-state index in [9.17, 15) is 0 Å². The average molecular weight is 385 g/mol. The van der Waals surface area contributed by atoms with E-state index in [0.717, 1.165) is 40.3 Å². The van der Waals surface area contributed by atoms with Crippen molar-refractivity contribution in [2.24, 2.45) is 5.10 Å². The Hall–Kier alpha value is -3.34. The van der Waals surface area contributed by atoms with Crippen molar-refractivity contribution in [2.45, 2.75) is 32.5 Å². The van der Waals surface area contributed by atoms with Gasteiger partial charge in [0, 0.05) is 29.9 Å². The van der Waals surface area contributed by atoms with Gasteiger partial charge in [-0.25, -0.2) is 5.01 Å². The summed E-state index contributed by atoms with van der Waals surface area (Å²) < 4.78 is 12.4. The topological polar surface area (TPSA) is 47.0 Å². The van der Waals surface area contributed by atoms with Gasteiger partial charge < -0.3 is 9.47 Å². The lowest BCUT2D eigenvalue weighted by atomic mass is 9.95. The molecule has 0 amide bonds. The van der Waals surface area contributed by atoms with Crippen molar-refractivity contribution in [2.75, 3.05) is 6.61 Å². The van der Waals surface area contributed by atoms with Gasteiger partial charge in [-0.05, 0) is 37.6 Å². The summed E-state index contributed by atoms with van der Waals surface area (Å²) in [6.07, 6.45) is 4.09. The van der Waals surface area contributed by atoms with Gasteiger partial charge in [0.15, 0.2) is 11.5 Å². The lowest BCUT2D eigenvalue weighted by molar-refractivity contribution is -0.0212. The second-order valence-electron chi connectivity index (χ2n) is 7.37. The summed E-state index contributed by atoms with van der Waals surface area (Å²) >= 11 is 0. The zero-order valence-electron chi connectivity index (χ0n) is 16.6. The number of para-hydroxylation sites is 1. The summed E-state index contributed by atoms with van der Waals surface area (Å²) in [5.74, 6) is 1.60.